The Bertz CT molecular complexity index is 276. The number of carbonyl (C=O) groups excluding carboxylic acids is 2. The molecule has 0 fully saturated rings. The van der Waals surface area contributed by atoms with Gasteiger partial charge in [0, 0.05) is 11.5 Å². The fourth-order valence-electron chi connectivity index (χ4n) is 0.711. The van der Waals surface area contributed by atoms with Crippen LogP contribution >= 0.6 is 25.3 Å². The Labute approximate surface area is 96.6 Å². The fraction of sp³-hybridized carbons (Fsp3) is 0.714. The first-order chi connectivity index (χ1) is 6.69. The Morgan fingerprint density at radius 1 is 1.20 bits per heavy atom. The van der Waals surface area contributed by atoms with Crippen LogP contribution in [-0.2, 0) is 9.59 Å². The van der Waals surface area contributed by atoms with Crippen LogP contribution in [0.2, 0.25) is 0 Å². The Hall–Kier alpha value is -0.340. The van der Waals surface area contributed by atoms with Gasteiger partial charge in [-0.1, -0.05) is 0 Å². The van der Waals surface area contributed by atoms with Crippen molar-refractivity contribution in [3.8, 4) is 0 Å². The molecule has 2 atom stereocenters. The summed E-state index contributed by atoms with van der Waals surface area (Å²) in [6.07, 6.45) is -1.04. The SMILES string of the molecule is NC(=O)[C@@](F)(CS)CC(=O)[C@@](N)(F)CS. The molecule has 0 unspecified atom stereocenters. The number of primary amides is 1. The van der Waals surface area contributed by atoms with E-state index in [1.54, 1.807) is 0 Å². The second-order valence-corrected chi connectivity index (χ2v) is 3.74. The number of hydrogen-bond donors (Lipinski definition) is 4. The van der Waals surface area contributed by atoms with E-state index in [1.807, 2.05) is 0 Å². The summed E-state index contributed by atoms with van der Waals surface area (Å²) in [7, 11) is 0. The normalized spacial score (nSPS) is 19.0. The van der Waals surface area contributed by atoms with Gasteiger partial charge in [-0.3, -0.25) is 15.3 Å². The minimum atomic E-state index is -2.77. The van der Waals surface area contributed by atoms with E-state index in [0.717, 1.165) is 0 Å². The predicted octanol–water partition coefficient (Wildman–Crippen LogP) is -0.377. The van der Waals surface area contributed by atoms with Gasteiger partial charge in [0.15, 0.2) is 5.78 Å². The van der Waals surface area contributed by atoms with Gasteiger partial charge in [-0.05, 0) is 0 Å². The highest BCUT2D eigenvalue weighted by Crippen LogP contribution is 2.22. The van der Waals surface area contributed by atoms with Gasteiger partial charge in [0.2, 0.25) is 11.5 Å². The van der Waals surface area contributed by atoms with Crippen molar-refractivity contribution >= 4 is 36.9 Å². The number of alkyl halides is 2. The smallest absolute Gasteiger partial charge is 0.256 e. The summed E-state index contributed by atoms with van der Waals surface area (Å²) in [6.45, 7) is 0. The lowest BCUT2D eigenvalue weighted by Gasteiger charge is -2.22. The van der Waals surface area contributed by atoms with Crippen LogP contribution in [0.25, 0.3) is 0 Å². The van der Waals surface area contributed by atoms with E-state index in [1.165, 1.54) is 0 Å². The Morgan fingerprint density at radius 3 is 1.93 bits per heavy atom. The van der Waals surface area contributed by atoms with Crippen molar-refractivity contribution in [3.05, 3.63) is 0 Å². The number of ketones is 1. The Balaban J connectivity index is 4.72. The van der Waals surface area contributed by atoms with Crippen molar-refractivity contribution in [3.63, 3.8) is 0 Å². The number of halogens is 2. The summed E-state index contributed by atoms with van der Waals surface area (Å²) in [5, 5.41) is 0. The molecule has 0 rings (SSSR count). The molecule has 0 saturated heterocycles. The maximum Gasteiger partial charge on any atom is 0.256 e. The molecule has 4 N–H and O–H groups in total. The highest BCUT2D eigenvalue weighted by atomic mass is 32.1. The summed E-state index contributed by atoms with van der Waals surface area (Å²) in [5.74, 6) is -6.63. The summed E-state index contributed by atoms with van der Waals surface area (Å²) < 4.78 is 26.7. The van der Waals surface area contributed by atoms with Crippen molar-refractivity contribution in [2.75, 3.05) is 11.5 Å². The molecule has 0 spiro atoms. The van der Waals surface area contributed by atoms with Crippen LogP contribution in [0.5, 0.6) is 0 Å². The van der Waals surface area contributed by atoms with Gasteiger partial charge in [0.25, 0.3) is 5.91 Å². The summed E-state index contributed by atoms with van der Waals surface area (Å²) >= 11 is 7.02. The summed E-state index contributed by atoms with van der Waals surface area (Å²) in [4.78, 5) is 21.8. The predicted molar refractivity (Wildman–Crippen MR) is 58.4 cm³/mol. The number of rotatable bonds is 6. The number of thiol groups is 2. The number of nitrogens with two attached hydrogens (primary N) is 2. The van der Waals surface area contributed by atoms with Gasteiger partial charge in [-0.2, -0.15) is 25.3 Å². The zero-order valence-corrected chi connectivity index (χ0v) is 9.53. The molecule has 88 valence electrons. The molecule has 0 heterocycles. The standard InChI is InChI=1S/C7H12F2N2O2S2/c8-6(2-14,5(10)13)1-4(12)7(9,11)3-15/h14-15H,1-3,11H2,(H2,10,13)/t6-,7+/m0/s1. The number of carbonyl (C=O) groups is 2. The van der Waals surface area contributed by atoms with E-state index < -0.39 is 41.1 Å². The molecule has 0 aromatic rings. The van der Waals surface area contributed by atoms with Gasteiger partial charge in [-0.25, -0.2) is 8.78 Å². The Kier molecular flexibility index (Phi) is 5.01. The molecule has 4 nitrogen and oxygen atoms in total. The average molecular weight is 258 g/mol. The number of amides is 1. The molecule has 0 aromatic carbocycles. The number of Topliss-reactive ketones (excluding diaryl/α,β-unsaturated/α-hetero) is 1. The van der Waals surface area contributed by atoms with Crippen LogP contribution in [0.15, 0.2) is 0 Å². The zero-order chi connectivity index (χ0) is 12.3. The molecular weight excluding hydrogens is 246 g/mol. The minimum absolute atomic E-state index is 0.604. The lowest BCUT2D eigenvalue weighted by Crippen LogP contribution is -2.51. The second-order valence-electron chi connectivity index (χ2n) is 3.11. The maximum absolute atomic E-state index is 13.5. The van der Waals surface area contributed by atoms with Gasteiger partial charge in [0.05, 0.1) is 6.42 Å². The fourth-order valence-corrected chi connectivity index (χ4v) is 1.15. The van der Waals surface area contributed by atoms with Crippen molar-refractivity contribution in [1.82, 2.24) is 0 Å². The van der Waals surface area contributed by atoms with Gasteiger partial charge >= 0.3 is 0 Å². The van der Waals surface area contributed by atoms with Crippen LogP contribution < -0.4 is 11.5 Å². The topological polar surface area (TPSA) is 86.2 Å². The van der Waals surface area contributed by atoms with Crippen LogP contribution in [-0.4, -0.2) is 34.7 Å². The molecule has 1 amide bonds. The average Bonchev–Trinajstić information content (AvgIpc) is 2.17. The molecule has 0 aliphatic carbocycles. The first-order valence-corrected chi connectivity index (χ1v) is 5.18. The molecule has 0 aromatic heterocycles. The minimum Gasteiger partial charge on any atom is -0.367 e. The summed E-state index contributed by atoms with van der Waals surface area (Å²) in [5.41, 5.74) is 6.92. The second kappa shape index (κ2) is 5.13. The number of hydrogen-bond acceptors (Lipinski definition) is 5. The molecule has 0 radical (unpaired) electrons. The maximum atomic E-state index is 13.5. The van der Waals surface area contributed by atoms with E-state index in [2.05, 4.69) is 25.3 Å². The lowest BCUT2D eigenvalue weighted by atomic mass is 9.96. The van der Waals surface area contributed by atoms with Crippen LogP contribution in [0, 0.1) is 0 Å². The van der Waals surface area contributed by atoms with Gasteiger partial charge in [-0.15, -0.1) is 0 Å². The van der Waals surface area contributed by atoms with E-state index in [-0.39, 0.29) is 0 Å². The van der Waals surface area contributed by atoms with E-state index in [9.17, 15) is 18.4 Å². The quantitative estimate of drug-likeness (QED) is 0.387. The van der Waals surface area contributed by atoms with Crippen molar-refractivity contribution in [1.29, 1.82) is 0 Å². The third-order valence-corrected chi connectivity index (χ3v) is 2.79. The van der Waals surface area contributed by atoms with E-state index in [4.69, 9.17) is 11.5 Å². The molecule has 0 bridgehead atoms. The molecule has 0 saturated carbocycles. The van der Waals surface area contributed by atoms with E-state index >= 15 is 0 Å². The molecular formula is C7H12F2N2O2S2. The van der Waals surface area contributed by atoms with Gasteiger partial charge in [0.1, 0.15) is 0 Å². The Morgan fingerprint density at radius 2 is 1.67 bits per heavy atom. The lowest BCUT2D eigenvalue weighted by molar-refractivity contribution is -0.138. The molecule has 0 aliphatic rings. The first kappa shape index (κ1) is 14.7. The third-order valence-electron chi connectivity index (χ3n) is 1.83. The third kappa shape index (κ3) is 3.62. The zero-order valence-electron chi connectivity index (χ0n) is 7.74. The van der Waals surface area contributed by atoms with Crippen LogP contribution in [0.4, 0.5) is 8.78 Å². The van der Waals surface area contributed by atoms with Gasteiger partial charge < -0.3 is 5.73 Å². The first-order valence-electron chi connectivity index (χ1n) is 3.91. The highest BCUT2D eigenvalue weighted by Gasteiger charge is 2.43. The van der Waals surface area contributed by atoms with Crippen molar-refractivity contribution < 1.29 is 18.4 Å². The van der Waals surface area contributed by atoms with Crippen molar-refractivity contribution in [2.24, 2.45) is 11.5 Å². The molecule has 15 heavy (non-hydrogen) atoms. The van der Waals surface area contributed by atoms with E-state index in [0.29, 0.717) is 0 Å². The molecule has 8 heteroatoms. The largest absolute Gasteiger partial charge is 0.367 e. The van der Waals surface area contributed by atoms with Crippen LogP contribution in [0.1, 0.15) is 6.42 Å². The summed E-state index contributed by atoms with van der Waals surface area (Å²) in [6, 6.07) is 0. The molecule has 0 aliphatic heterocycles. The highest BCUT2D eigenvalue weighted by molar-refractivity contribution is 7.80. The van der Waals surface area contributed by atoms with Crippen molar-refractivity contribution in [2.45, 2.75) is 17.9 Å². The van der Waals surface area contributed by atoms with Crippen LogP contribution in [0.3, 0.4) is 0 Å². The monoisotopic (exact) mass is 258 g/mol.